The number of piperidine rings is 1. The van der Waals surface area contributed by atoms with E-state index < -0.39 is 5.97 Å². The van der Waals surface area contributed by atoms with E-state index in [4.69, 9.17) is 16.7 Å². The van der Waals surface area contributed by atoms with Gasteiger partial charge >= 0.3 is 12.0 Å². The number of nitrogens with zero attached hydrogens (tertiary/aromatic N) is 1. The number of carbonyl (C=O) groups is 2. The number of benzene rings is 1. The molecule has 2 amide bonds. The molecule has 2 N–H and O–H groups in total. The molecule has 6 heteroatoms. The summed E-state index contributed by atoms with van der Waals surface area (Å²) in [6.45, 7) is 3.56. The first-order valence-corrected chi connectivity index (χ1v) is 6.93. The van der Waals surface area contributed by atoms with Crippen LogP contribution in [0.2, 0.25) is 5.02 Å². The minimum absolute atomic E-state index is 0.0554. The first-order chi connectivity index (χ1) is 9.45. The second-order valence-electron chi connectivity index (χ2n) is 5.16. The average molecular weight is 297 g/mol. The molecular weight excluding hydrogens is 280 g/mol. The van der Waals surface area contributed by atoms with E-state index in [-0.39, 0.29) is 16.6 Å². The quantitative estimate of drug-likeness (QED) is 0.879. The predicted molar refractivity (Wildman–Crippen MR) is 77.4 cm³/mol. The lowest BCUT2D eigenvalue weighted by Gasteiger charge is -2.31. The van der Waals surface area contributed by atoms with Crippen LogP contribution in [0, 0.1) is 5.92 Å². The minimum Gasteiger partial charge on any atom is -0.478 e. The van der Waals surface area contributed by atoms with Gasteiger partial charge in [-0.15, -0.1) is 0 Å². The highest BCUT2D eigenvalue weighted by Gasteiger charge is 2.21. The lowest BCUT2D eigenvalue weighted by Crippen LogP contribution is -2.41. The Morgan fingerprint density at radius 3 is 2.80 bits per heavy atom. The van der Waals surface area contributed by atoms with Gasteiger partial charge in [0.2, 0.25) is 0 Å². The molecule has 20 heavy (non-hydrogen) atoms. The fraction of sp³-hybridized carbons (Fsp3) is 0.429. The van der Waals surface area contributed by atoms with Crippen molar-refractivity contribution in [2.75, 3.05) is 18.4 Å². The van der Waals surface area contributed by atoms with Gasteiger partial charge in [0, 0.05) is 23.8 Å². The number of halogens is 1. The second-order valence-corrected chi connectivity index (χ2v) is 5.59. The van der Waals surface area contributed by atoms with Crippen molar-refractivity contribution in [1.29, 1.82) is 0 Å². The Morgan fingerprint density at radius 1 is 1.40 bits per heavy atom. The molecule has 1 aromatic rings. The Kier molecular flexibility index (Phi) is 4.49. The summed E-state index contributed by atoms with van der Waals surface area (Å²) in [5, 5.41) is 12.0. The third-order valence-corrected chi connectivity index (χ3v) is 3.56. The van der Waals surface area contributed by atoms with Crippen molar-refractivity contribution in [2.45, 2.75) is 19.8 Å². The van der Waals surface area contributed by atoms with Crippen LogP contribution in [0.25, 0.3) is 0 Å². The first kappa shape index (κ1) is 14.7. The molecule has 2 rings (SSSR count). The van der Waals surface area contributed by atoms with Gasteiger partial charge in [-0.05, 0) is 37.0 Å². The molecule has 1 aromatic carbocycles. The predicted octanol–water partition coefficient (Wildman–Crippen LogP) is 3.30. The maximum Gasteiger partial charge on any atom is 0.335 e. The Morgan fingerprint density at radius 2 is 2.15 bits per heavy atom. The molecule has 1 fully saturated rings. The molecule has 0 bridgehead atoms. The minimum atomic E-state index is -1.07. The average Bonchev–Trinajstić information content (AvgIpc) is 2.37. The molecule has 0 aliphatic carbocycles. The van der Waals surface area contributed by atoms with E-state index in [9.17, 15) is 9.59 Å². The number of carboxylic acid groups (broad SMARTS) is 1. The molecular formula is C14H17ClN2O3. The van der Waals surface area contributed by atoms with Crippen LogP contribution in [0.5, 0.6) is 0 Å². The molecule has 5 nitrogen and oxygen atoms in total. The Balaban J connectivity index is 2.09. The highest BCUT2D eigenvalue weighted by atomic mass is 35.5. The van der Waals surface area contributed by atoms with Gasteiger partial charge in [0.05, 0.1) is 5.56 Å². The summed E-state index contributed by atoms with van der Waals surface area (Å²) < 4.78 is 0. The summed E-state index contributed by atoms with van der Waals surface area (Å²) in [5.74, 6) is -0.585. The van der Waals surface area contributed by atoms with Crippen molar-refractivity contribution in [1.82, 2.24) is 4.90 Å². The molecule has 1 aliphatic heterocycles. The number of urea groups is 1. The number of hydrogen-bond acceptors (Lipinski definition) is 2. The molecule has 1 heterocycles. The van der Waals surface area contributed by atoms with E-state index in [0.717, 1.165) is 25.9 Å². The van der Waals surface area contributed by atoms with E-state index in [1.54, 1.807) is 11.0 Å². The monoisotopic (exact) mass is 296 g/mol. The Labute approximate surface area is 122 Å². The lowest BCUT2D eigenvalue weighted by molar-refractivity contribution is 0.0697. The van der Waals surface area contributed by atoms with Crippen LogP contribution in [0.3, 0.4) is 0 Å². The van der Waals surface area contributed by atoms with Crippen LogP contribution in [0.4, 0.5) is 10.5 Å². The number of carbonyl (C=O) groups excluding carboxylic acids is 1. The second kappa shape index (κ2) is 6.13. The summed E-state index contributed by atoms with van der Waals surface area (Å²) in [6.07, 6.45) is 2.12. The molecule has 108 valence electrons. The highest BCUT2D eigenvalue weighted by molar-refractivity contribution is 6.31. The molecule has 1 aliphatic rings. The third-order valence-electron chi connectivity index (χ3n) is 3.34. The molecule has 0 radical (unpaired) electrons. The van der Waals surface area contributed by atoms with E-state index >= 15 is 0 Å². The molecule has 0 spiro atoms. The Hall–Kier alpha value is -1.75. The largest absolute Gasteiger partial charge is 0.478 e. The normalized spacial score (nSPS) is 18.7. The topological polar surface area (TPSA) is 69.6 Å². The zero-order valence-corrected chi connectivity index (χ0v) is 12.0. The smallest absolute Gasteiger partial charge is 0.335 e. The van der Waals surface area contributed by atoms with Gasteiger partial charge < -0.3 is 15.3 Å². The zero-order chi connectivity index (χ0) is 14.7. The first-order valence-electron chi connectivity index (χ1n) is 6.55. The molecule has 0 aromatic heterocycles. The molecule has 1 atom stereocenters. The van der Waals surface area contributed by atoms with Crippen molar-refractivity contribution < 1.29 is 14.7 Å². The summed E-state index contributed by atoms with van der Waals surface area (Å²) in [5.41, 5.74) is 0.456. The number of amides is 2. The Bertz CT molecular complexity index is 533. The molecule has 1 unspecified atom stereocenters. The van der Waals surface area contributed by atoms with Gasteiger partial charge in [-0.1, -0.05) is 18.5 Å². The maximum absolute atomic E-state index is 12.1. The number of aromatic carboxylic acids is 1. The molecule has 1 saturated heterocycles. The molecule has 0 saturated carbocycles. The lowest BCUT2D eigenvalue weighted by atomic mass is 10.0. The van der Waals surface area contributed by atoms with Crippen LogP contribution in [0.1, 0.15) is 30.1 Å². The van der Waals surface area contributed by atoms with Gasteiger partial charge in [0.25, 0.3) is 0 Å². The van der Waals surface area contributed by atoms with Crippen molar-refractivity contribution in [3.05, 3.63) is 28.8 Å². The summed E-state index contributed by atoms with van der Waals surface area (Å²) >= 11 is 5.86. The van der Waals surface area contributed by atoms with E-state index in [1.807, 2.05) is 0 Å². The van der Waals surface area contributed by atoms with E-state index in [0.29, 0.717) is 11.6 Å². The van der Waals surface area contributed by atoms with Gasteiger partial charge in [-0.2, -0.15) is 0 Å². The fourth-order valence-corrected chi connectivity index (χ4v) is 2.60. The summed E-state index contributed by atoms with van der Waals surface area (Å²) in [7, 11) is 0. The van der Waals surface area contributed by atoms with Gasteiger partial charge in [-0.3, -0.25) is 0 Å². The van der Waals surface area contributed by atoms with Crippen molar-refractivity contribution in [3.8, 4) is 0 Å². The number of likely N-dealkylation sites (tertiary alicyclic amines) is 1. The van der Waals surface area contributed by atoms with Gasteiger partial charge in [0.1, 0.15) is 0 Å². The third kappa shape index (κ3) is 3.63. The van der Waals surface area contributed by atoms with Crippen LogP contribution >= 0.6 is 11.6 Å². The summed E-state index contributed by atoms with van der Waals surface area (Å²) in [6, 6.07) is 4.08. The van der Waals surface area contributed by atoms with Crippen molar-refractivity contribution in [2.24, 2.45) is 5.92 Å². The van der Waals surface area contributed by atoms with Crippen molar-refractivity contribution >= 4 is 29.3 Å². The number of hydrogen-bond donors (Lipinski definition) is 2. The van der Waals surface area contributed by atoms with E-state index in [1.165, 1.54) is 12.1 Å². The highest BCUT2D eigenvalue weighted by Crippen LogP contribution is 2.21. The fourth-order valence-electron chi connectivity index (χ4n) is 2.36. The zero-order valence-electron chi connectivity index (χ0n) is 11.2. The summed E-state index contributed by atoms with van der Waals surface area (Å²) in [4.78, 5) is 24.8. The van der Waals surface area contributed by atoms with Crippen LogP contribution in [-0.4, -0.2) is 35.1 Å². The van der Waals surface area contributed by atoms with Crippen LogP contribution < -0.4 is 5.32 Å². The maximum atomic E-state index is 12.1. The number of carboxylic acids is 1. The van der Waals surface area contributed by atoms with Crippen LogP contribution in [0.15, 0.2) is 18.2 Å². The SMILES string of the molecule is CC1CCCN(C(=O)Nc2cc(Cl)cc(C(=O)O)c2)C1. The number of anilines is 1. The van der Waals surface area contributed by atoms with Crippen LogP contribution in [-0.2, 0) is 0 Å². The van der Waals surface area contributed by atoms with Gasteiger partial charge in [0.15, 0.2) is 0 Å². The standard InChI is InChI=1S/C14H17ClN2O3/c1-9-3-2-4-17(8-9)14(20)16-12-6-10(13(18)19)5-11(15)7-12/h5-7,9H,2-4,8H2,1H3,(H,16,20)(H,18,19). The van der Waals surface area contributed by atoms with E-state index in [2.05, 4.69) is 12.2 Å². The van der Waals surface area contributed by atoms with Crippen molar-refractivity contribution in [3.63, 3.8) is 0 Å². The number of nitrogens with one attached hydrogen (secondary N) is 1. The van der Waals surface area contributed by atoms with Gasteiger partial charge in [-0.25, -0.2) is 9.59 Å². The number of rotatable bonds is 2.